The van der Waals surface area contributed by atoms with Crippen molar-refractivity contribution in [3.8, 4) is 33.5 Å². The summed E-state index contributed by atoms with van der Waals surface area (Å²) in [5.41, 5.74) is 7.88. The first kappa shape index (κ1) is 42.2. The maximum absolute atomic E-state index is 13.9. The fraction of sp³-hybridized carbons (Fsp3) is 0.447. The van der Waals surface area contributed by atoms with Crippen molar-refractivity contribution in [1.29, 1.82) is 0 Å². The van der Waals surface area contributed by atoms with Gasteiger partial charge in [0, 0.05) is 12.1 Å². The van der Waals surface area contributed by atoms with Crippen molar-refractivity contribution in [2.24, 2.45) is 17.8 Å². The molecule has 1 unspecified atom stereocenters. The van der Waals surface area contributed by atoms with E-state index in [1.165, 1.54) is 14.2 Å². The van der Waals surface area contributed by atoms with Crippen LogP contribution >= 0.6 is 0 Å². The largest absolute Gasteiger partial charge is 0.469 e. The number of rotatable bonds is 12. The topological polar surface area (TPSA) is 163 Å². The Labute approximate surface area is 351 Å². The van der Waals surface area contributed by atoms with Crippen LogP contribution in [-0.4, -0.2) is 86.0 Å². The van der Waals surface area contributed by atoms with Gasteiger partial charge >= 0.3 is 12.1 Å². The molecule has 2 fully saturated rings. The average Bonchev–Trinajstić information content (AvgIpc) is 4.06. The number of alkyl carbamates (subject to hydrolysis) is 1. The van der Waals surface area contributed by atoms with Gasteiger partial charge in [-0.25, -0.2) is 14.8 Å². The smallest absolute Gasteiger partial charge is 0.407 e. The van der Waals surface area contributed by atoms with Crippen LogP contribution in [0.2, 0.25) is 0 Å². The zero-order valence-electron chi connectivity index (χ0n) is 35.8. The zero-order chi connectivity index (χ0) is 42.8. The summed E-state index contributed by atoms with van der Waals surface area (Å²) < 4.78 is 9.70. The van der Waals surface area contributed by atoms with Gasteiger partial charge in [-0.05, 0) is 91.3 Å². The lowest BCUT2D eigenvalue weighted by molar-refractivity contribution is -0.149. The predicted octanol–water partition coefficient (Wildman–Crippen LogP) is 8.61. The lowest BCUT2D eigenvalue weighted by Gasteiger charge is -2.32. The van der Waals surface area contributed by atoms with Gasteiger partial charge in [0.25, 0.3) is 0 Å². The second-order valence-corrected chi connectivity index (χ2v) is 17.1. The molecule has 6 atom stereocenters. The number of likely N-dealkylation sites (tertiary alicyclic amines) is 2. The molecule has 5 aromatic rings. The molecule has 2 saturated heterocycles. The fourth-order valence-electron chi connectivity index (χ4n) is 8.89. The van der Waals surface area contributed by atoms with Crippen LogP contribution in [0.15, 0.2) is 72.9 Å². The summed E-state index contributed by atoms with van der Waals surface area (Å²) in [5.74, 6) is 0.372. The van der Waals surface area contributed by atoms with E-state index in [1.54, 1.807) is 0 Å². The number of carbonyl (C=O) groups is 4. The summed E-state index contributed by atoms with van der Waals surface area (Å²) in [4.78, 5) is 72.3. The minimum absolute atomic E-state index is 0.00372. The van der Waals surface area contributed by atoms with Gasteiger partial charge in [-0.2, -0.15) is 0 Å². The summed E-state index contributed by atoms with van der Waals surface area (Å²) in [6.07, 6.45) is 4.53. The van der Waals surface area contributed by atoms with Crippen molar-refractivity contribution < 1.29 is 28.7 Å². The first-order chi connectivity index (χ1) is 28.8. The number of imidazole rings is 2. The average molecular weight is 816 g/mol. The highest BCUT2D eigenvalue weighted by Crippen LogP contribution is 2.40. The number of methoxy groups -OCH3 is 2. The number of nitrogens with one attached hydrogen (secondary N) is 3. The first-order valence-corrected chi connectivity index (χ1v) is 21.1. The number of hydrogen-bond donors (Lipinski definition) is 3. The molecule has 0 spiro atoms. The maximum Gasteiger partial charge on any atom is 0.407 e. The van der Waals surface area contributed by atoms with Gasteiger partial charge in [0.05, 0.1) is 61.6 Å². The number of H-pyrrole nitrogens is 2. The van der Waals surface area contributed by atoms with Crippen LogP contribution in [0.5, 0.6) is 0 Å². The number of ether oxygens (including phenoxy) is 2. The van der Waals surface area contributed by atoms with E-state index in [9.17, 15) is 19.2 Å². The minimum Gasteiger partial charge on any atom is -0.469 e. The van der Waals surface area contributed by atoms with Crippen LogP contribution in [-0.2, 0) is 23.9 Å². The molecule has 13 nitrogen and oxygen atoms in total. The molecular weight excluding hydrogens is 759 g/mol. The molecule has 7 rings (SSSR count). The lowest BCUT2D eigenvalue weighted by Crippen LogP contribution is -2.52. The lowest BCUT2D eigenvalue weighted by atomic mass is 9.90. The van der Waals surface area contributed by atoms with Crippen molar-refractivity contribution in [2.75, 3.05) is 14.2 Å². The molecule has 3 aromatic carbocycles. The maximum atomic E-state index is 13.9. The van der Waals surface area contributed by atoms with E-state index < -0.39 is 18.1 Å². The van der Waals surface area contributed by atoms with Gasteiger partial charge in [0.2, 0.25) is 11.8 Å². The number of hydrogen-bond acceptors (Lipinski definition) is 8. The number of esters is 1. The molecule has 2 aliphatic rings. The number of nitrogens with zero attached hydrogens (tertiary/aromatic N) is 4. The van der Waals surface area contributed by atoms with E-state index in [-0.39, 0.29) is 60.2 Å². The normalized spacial score (nSPS) is 20.2. The van der Waals surface area contributed by atoms with Crippen LogP contribution in [0.1, 0.15) is 97.4 Å². The third-order valence-electron chi connectivity index (χ3n) is 12.4. The van der Waals surface area contributed by atoms with Crippen molar-refractivity contribution in [2.45, 2.75) is 104 Å². The molecular formula is C47H57N7O6. The number of aromatic nitrogens is 4. The molecule has 0 aliphatic carbocycles. The number of benzene rings is 3. The summed E-state index contributed by atoms with van der Waals surface area (Å²) in [7, 11) is 2.65. The molecule has 0 saturated carbocycles. The van der Waals surface area contributed by atoms with E-state index in [4.69, 9.17) is 19.4 Å². The van der Waals surface area contributed by atoms with Crippen molar-refractivity contribution in [3.63, 3.8) is 0 Å². The van der Waals surface area contributed by atoms with Crippen LogP contribution < -0.4 is 5.32 Å². The van der Waals surface area contributed by atoms with Gasteiger partial charge in [-0.1, -0.05) is 82.3 Å². The molecule has 2 aromatic heterocycles. The molecule has 3 N–H and O–H groups in total. The molecule has 60 heavy (non-hydrogen) atoms. The Kier molecular flexibility index (Phi) is 12.4. The van der Waals surface area contributed by atoms with E-state index >= 15 is 0 Å². The summed E-state index contributed by atoms with van der Waals surface area (Å²) in [5, 5.41) is 2.72. The van der Waals surface area contributed by atoms with Gasteiger partial charge in [0.15, 0.2) is 0 Å². The first-order valence-electron chi connectivity index (χ1n) is 21.1. The monoisotopic (exact) mass is 815 g/mol. The highest BCUT2D eigenvalue weighted by Gasteiger charge is 2.42. The van der Waals surface area contributed by atoms with E-state index in [0.29, 0.717) is 0 Å². The standard InChI is InChI=1S/C47H57N7O6/c1-26(2)35(24-41(55)59-7)45(56)53-28(5)10-22-40(53)44-49-36-20-19-34(23-37(36)50-44)32-13-11-30(12-14-32)31-15-17-33(18-16-31)38-25-48-43(51-38)39-21-9-29(6)54(39)46(57)42(27(3)4)52-47(58)60-8/h11-20,23,25-29,35,39-40,42H,9-10,21-22,24H2,1-8H3,(H,48,51)(H,49,50)(H,52,58)/t28-,29-,35?,39-,40-,42-/m0/s1. The van der Waals surface area contributed by atoms with E-state index in [0.717, 1.165) is 81.9 Å². The second kappa shape index (κ2) is 17.7. The number of amides is 3. The van der Waals surface area contributed by atoms with Crippen molar-refractivity contribution in [3.05, 3.63) is 84.6 Å². The Morgan fingerprint density at radius 1 is 0.700 bits per heavy atom. The molecule has 3 amide bonds. The summed E-state index contributed by atoms with van der Waals surface area (Å²) in [6.45, 7) is 11.9. The van der Waals surface area contributed by atoms with E-state index in [1.807, 2.05) is 56.7 Å². The molecule has 4 heterocycles. The third-order valence-corrected chi connectivity index (χ3v) is 12.4. The van der Waals surface area contributed by atoms with E-state index in [2.05, 4.69) is 82.9 Å². The van der Waals surface area contributed by atoms with Gasteiger partial charge in [-0.15, -0.1) is 0 Å². The summed E-state index contributed by atoms with van der Waals surface area (Å²) >= 11 is 0. The Morgan fingerprint density at radius 3 is 1.82 bits per heavy atom. The number of aromatic amines is 2. The van der Waals surface area contributed by atoms with Crippen LogP contribution in [0.4, 0.5) is 4.79 Å². The van der Waals surface area contributed by atoms with Crippen LogP contribution in [0, 0.1) is 17.8 Å². The van der Waals surface area contributed by atoms with Gasteiger partial charge < -0.3 is 34.6 Å². The minimum atomic E-state index is -0.702. The Hall–Kier alpha value is -5.98. The third kappa shape index (κ3) is 8.53. The Morgan fingerprint density at radius 2 is 1.25 bits per heavy atom. The SMILES string of the molecule is COC(=O)CC(C(=O)N1[C@@H](C)CC[C@H]1c1nc2ccc(-c3ccc(-c4ccc(-c5cnc([C@@H]6CC[C@H](C)N6C(=O)[C@@H](NC(=O)OC)C(C)C)[nH]5)cc4)cc3)cc2[nH]1)C(C)C. The molecule has 0 bridgehead atoms. The highest BCUT2D eigenvalue weighted by molar-refractivity contribution is 5.87. The molecule has 0 radical (unpaired) electrons. The number of carbonyl (C=O) groups excluding carboxylic acids is 4. The fourth-order valence-corrected chi connectivity index (χ4v) is 8.89. The second-order valence-electron chi connectivity index (χ2n) is 17.1. The van der Waals surface area contributed by atoms with Gasteiger partial charge in [0.1, 0.15) is 17.7 Å². The molecule has 13 heteroatoms. The Balaban J connectivity index is 1.03. The number of fused-ring (bicyclic) bond motifs is 1. The summed E-state index contributed by atoms with van der Waals surface area (Å²) in [6, 6.07) is 21.9. The van der Waals surface area contributed by atoms with Crippen molar-refractivity contribution in [1.82, 2.24) is 35.1 Å². The van der Waals surface area contributed by atoms with Crippen molar-refractivity contribution >= 4 is 34.9 Å². The zero-order valence-corrected chi connectivity index (χ0v) is 35.8. The predicted molar refractivity (Wildman–Crippen MR) is 230 cm³/mol. The molecule has 316 valence electrons. The van der Waals surface area contributed by atoms with Gasteiger partial charge in [-0.3, -0.25) is 14.4 Å². The quantitative estimate of drug-likeness (QED) is 0.106. The van der Waals surface area contributed by atoms with Crippen LogP contribution in [0.3, 0.4) is 0 Å². The highest BCUT2D eigenvalue weighted by atomic mass is 16.5. The molecule has 2 aliphatic heterocycles. The Bertz CT molecular complexity index is 2330. The van der Waals surface area contributed by atoms with Crippen LogP contribution in [0.25, 0.3) is 44.5 Å².